The van der Waals surface area contributed by atoms with Crippen LogP contribution in [0.2, 0.25) is 0 Å². The lowest BCUT2D eigenvalue weighted by Crippen LogP contribution is -2.32. The Kier molecular flexibility index (Phi) is 9.87. The molecule has 0 saturated heterocycles. The molecule has 0 bridgehead atoms. The minimum atomic E-state index is 0.264. The van der Waals surface area contributed by atoms with Crippen molar-refractivity contribution in [2.45, 2.75) is 73.3 Å². The van der Waals surface area contributed by atoms with Crippen LogP contribution >= 0.6 is 0 Å². The van der Waals surface area contributed by atoms with E-state index in [1.165, 1.54) is 24.0 Å². The molecule has 0 aromatic rings. The van der Waals surface area contributed by atoms with Gasteiger partial charge in [-0.3, -0.25) is 0 Å². The fourth-order valence-corrected chi connectivity index (χ4v) is 3.79. The first-order chi connectivity index (χ1) is 12.8. The van der Waals surface area contributed by atoms with E-state index >= 15 is 0 Å². The number of hydrogen-bond acceptors (Lipinski definition) is 2. The molecule has 0 aromatic carbocycles. The molecule has 1 saturated carbocycles. The Morgan fingerprint density at radius 3 is 2.26 bits per heavy atom. The van der Waals surface area contributed by atoms with Gasteiger partial charge in [-0.25, -0.2) is 0 Å². The van der Waals surface area contributed by atoms with Crippen molar-refractivity contribution in [3.8, 4) is 0 Å². The second kappa shape index (κ2) is 11.3. The largest absolute Gasteiger partial charge is 0.385 e. The molecule has 0 aliphatic heterocycles. The number of allylic oxidation sites excluding steroid dienone is 4. The predicted octanol–water partition coefficient (Wildman–Crippen LogP) is 6.31. The topological polar surface area (TPSA) is 24.1 Å². The van der Waals surface area contributed by atoms with E-state index in [1.54, 1.807) is 0 Å². The van der Waals surface area contributed by atoms with Crippen LogP contribution in [0.3, 0.4) is 0 Å². The molecule has 1 fully saturated rings. The summed E-state index contributed by atoms with van der Waals surface area (Å²) < 4.78 is 0. The van der Waals surface area contributed by atoms with E-state index in [4.69, 9.17) is 0 Å². The van der Waals surface area contributed by atoms with Crippen molar-refractivity contribution in [1.82, 2.24) is 10.6 Å². The number of nitrogens with one attached hydrogen (secondary N) is 2. The Balaban J connectivity index is 2.51. The van der Waals surface area contributed by atoms with E-state index in [2.05, 4.69) is 89.1 Å². The third-order valence-corrected chi connectivity index (χ3v) is 5.63. The van der Waals surface area contributed by atoms with Gasteiger partial charge in [0.2, 0.25) is 0 Å². The monoisotopic (exact) mass is 370 g/mol. The summed E-state index contributed by atoms with van der Waals surface area (Å²) in [5.41, 5.74) is 3.59. The van der Waals surface area contributed by atoms with Crippen LogP contribution < -0.4 is 10.6 Å². The van der Waals surface area contributed by atoms with E-state index < -0.39 is 0 Å². The average molecular weight is 371 g/mol. The highest BCUT2D eigenvalue weighted by molar-refractivity contribution is 5.42. The van der Waals surface area contributed by atoms with Gasteiger partial charge in [-0.05, 0) is 60.8 Å². The van der Waals surface area contributed by atoms with Crippen molar-refractivity contribution in [1.29, 1.82) is 0 Å². The van der Waals surface area contributed by atoms with Crippen molar-refractivity contribution < 1.29 is 0 Å². The van der Waals surface area contributed by atoms with Gasteiger partial charge in [0.25, 0.3) is 0 Å². The standard InChI is InChI=1S/C25H42N2/c1-8-11-12-14-21(9-2)27-19-13-18-26-20-15-23-22(10-3)24(4,5)16-17-25(23,6)7/h9-13,15,19,21,26-27H,2,8,14,16-18,20H2,1,3-7H3/b12-11+,19-13+,22-10+,23-15+. The zero-order valence-electron chi connectivity index (χ0n) is 18.6. The summed E-state index contributed by atoms with van der Waals surface area (Å²) in [5, 5.41) is 6.91. The quantitative estimate of drug-likeness (QED) is 0.348. The van der Waals surface area contributed by atoms with Crippen LogP contribution in [0.15, 0.2) is 60.4 Å². The van der Waals surface area contributed by atoms with Crippen LogP contribution in [0.1, 0.15) is 67.2 Å². The summed E-state index contributed by atoms with van der Waals surface area (Å²) in [6, 6.07) is 0.300. The predicted molar refractivity (Wildman–Crippen MR) is 122 cm³/mol. The number of hydrogen-bond donors (Lipinski definition) is 2. The highest BCUT2D eigenvalue weighted by Crippen LogP contribution is 2.51. The average Bonchev–Trinajstić information content (AvgIpc) is 2.62. The first kappa shape index (κ1) is 23.5. The van der Waals surface area contributed by atoms with Gasteiger partial charge in [0.05, 0.1) is 0 Å². The smallest absolute Gasteiger partial charge is 0.0470 e. The summed E-state index contributed by atoms with van der Waals surface area (Å²) in [7, 11) is 0. The molecule has 0 spiro atoms. The first-order valence-corrected chi connectivity index (χ1v) is 10.6. The van der Waals surface area contributed by atoms with E-state index in [-0.39, 0.29) is 10.8 Å². The second-order valence-corrected chi connectivity index (χ2v) is 8.77. The third kappa shape index (κ3) is 7.54. The van der Waals surface area contributed by atoms with Crippen LogP contribution in [0.5, 0.6) is 0 Å². The van der Waals surface area contributed by atoms with Crippen LogP contribution in [-0.2, 0) is 0 Å². The summed E-state index contributed by atoms with van der Waals surface area (Å²) >= 11 is 0. The molecule has 0 aromatic heterocycles. The highest BCUT2D eigenvalue weighted by Gasteiger charge is 2.38. The molecule has 1 atom stereocenters. The van der Waals surface area contributed by atoms with Gasteiger partial charge in [-0.2, -0.15) is 0 Å². The molecule has 0 radical (unpaired) electrons. The van der Waals surface area contributed by atoms with E-state index in [9.17, 15) is 0 Å². The van der Waals surface area contributed by atoms with Crippen LogP contribution in [0.25, 0.3) is 0 Å². The lowest BCUT2D eigenvalue weighted by Gasteiger charge is -2.44. The molecule has 2 N–H and O–H groups in total. The molecule has 152 valence electrons. The van der Waals surface area contributed by atoms with Gasteiger partial charge in [-0.15, -0.1) is 6.58 Å². The molecule has 1 aliphatic carbocycles. The molecule has 0 amide bonds. The van der Waals surface area contributed by atoms with Crippen molar-refractivity contribution in [2.75, 3.05) is 13.1 Å². The van der Waals surface area contributed by atoms with Crippen molar-refractivity contribution in [2.24, 2.45) is 10.8 Å². The summed E-state index contributed by atoms with van der Waals surface area (Å²) in [6.07, 6.45) is 19.9. The number of rotatable bonds is 10. The first-order valence-electron chi connectivity index (χ1n) is 10.6. The Bertz CT molecular complexity index is 573. The lowest BCUT2D eigenvalue weighted by molar-refractivity contribution is 0.259. The summed E-state index contributed by atoms with van der Waals surface area (Å²) in [5.74, 6) is 0. The molecule has 2 nitrogen and oxygen atoms in total. The van der Waals surface area contributed by atoms with E-state index in [1.807, 2.05) is 12.3 Å². The van der Waals surface area contributed by atoms with Gasteiger partial charge in [0.15, 0.2) is 0 Å². The zero-order chi connectivity index (χ0) is 20.3. The highest BCUT2D eigenvalue weighted by atomic mass is 14.9. The fraction of sp³-hybridized carbons (Fsp3) is 0.600. The molecule has 1 rings (SSSR count). The fourth-order valence-electron chi connectivity index (χ4n) is 3.79. The van der Waals surface area contributed by atoms with Crippen molar-refractivity contribution in [3.05, 3.63) is 60.4 Å². The SMILES string of the molecule is C=CC(C/C=C/CC)N/C=C/CNC/C=C1\C(=C/C)C(C)(C)CCC1(C)C. The van der Waals surface area contributed by atoms with Crippen LogP contribution in [0.4, 0.5) is 0 Å². The van der Waals surface area contributed by atoms with Crippen molar-refractivity contribution in [3.63, 3.8) is 0 Å². The second-order valence-electron chi connectivity index (χ2n) is 8.77. The normalized spacial score (nSPS) is 23.3. The van der Waals surface area contributed by atoms with Gasteiger partial charge in [0.1, 0.15) is 0 Å². The molecule has 1 aliphatic rings. The van der Waals surface area contributed by atoms with Crippen LogP contribution in [0, 0.1) is 10.8 Å². The summed E-state index contributed by atoms with van der Waals surface area (Å²) in [4.78, 5) is 0. The zero-order valence-corrected chi connectivity index (χ0v) is 18.6. The molecule has 27 heavy (non-hydrogen) atoms. The Hall–Kier alpha value is -1.54. The molecule has 1 unspecified atom stereocenters. The maximum Gasteiger partial charge on any atom is 0.0470 e. The van der Waals surface area contributed by atoms with Gasteiger partial charge < -0.3 is 10.6 Å². The Labute approximate surface area is 168 Å². The van der Waals surface area contributed by atoms with Gasteiger partial charge in [0, 0.05) is 19.1 Å². The van der Waals surface area contributed by atoms with Gasteiger partial charge in [-0.1, -0.05) is 71.1 Å². The Morgan fingerprint density at radius 1 is 1.00 bits per heavy atom. The Morgan fingerprint density at radius 2 is 1.67 bits per heavy atom. The maximum absolute atomic E-state index is 3.90. The maximum atomic E-state index is 3.90. The molecular formula is C25H42N2. The van der Waals surface area contributed by atoms with E-state index in [0.717, 1.165) is 25.9 Å². The minimum absolute atomic E-state index is 0.264. The van der Waals surface area contributed by atoms with Crippen molar-refractivity contribution >= 4 is 0 Å². The molecule has 0 heterocycles. The van der Waals surface area contributed by atoms with Crippen LogP contribution in [-0.4, -0.2) is 19.1 Å². The third-order valence-electron chi connectivity index (χ3n) is 5.63. The van der Waals surface area contributed by atoms with E-state index in [0.29, 0.717) is 6.04 Å². The van der Waals surface area contributed by atoms with Gasteiger partial charge >= 0.3 is 0 Å². The molecule has 2 heteroatoms. The lowest BCUT2D eigenvalue weighted by atomic mass is 9.60. The summed E-state index contributed by atoms with van der Waals surface area (Å²) in [6.45, 7) is 19.5. The molecular weight excluding hydrogens is 328 g/mol. The minimum Gasteiger partial charge on any atom is -0.385 e.